The van der Waals surface area contributed by atoms with Crippen LogP contribution in [0.3, 0.4) is 0 Å². The fourth-order valence-electron chi connectivity index (χ4n) is 2.51. The Kier molecular flexibility index (Phi) is 5.22. The first kappa shape index (κ1) is 13.3. The normalized spacial score (nSPS) is 37.1. The minimum absolute atomic E-state index is 0.223. The predicted octanol–water partition coefficient (Wildman–Crippen LogP) is 1.34. The van der Waals surface area contributed by atoms with Crippen LogP contribution >= 0.6 is 0 Å². The third-order valence-corrected chi connectivity index (χ3v) is 3.65. The van der Waals surface area contributed by atoms with E-state index in [1.807, 2.05) is 7.05 Å². The van der Waals surface area contributed by atoms with Crippen LogP contribution in [-0.2, 0) is 14.2 Å². The van der Waals surface area contributed by atoms with Crippen molar-refractivity contribution in [2.45, 2.75) is 57.0 Å². The van der Waals surface area contributed by atoms with E-state index in [2.05, 4.69) is 12.2 Å². The minimum Gasteiger partial charge on any atom is -0.376 e. The maximum atomic E-state index is 5.91. The van der Waals surface area contributed by atoms with E-state index in [1.165, 1.54) is 6.42 Å². The second-order valence-corrected chi connectivity index (χ2v) is 4.97. The Labute approximate surface area is 104 Å². The van der Waals surface area contributed by atoms with E-state index in [9.17, 15) is 0 Å². The summed E-state index contributed by atoms with van der Waals surface area (Å²) in [4.78, 5) is 0. The molecule has 1 saturated carbocycles. The van der Waals surface area contributed by atoms with Crippen LogP contribution in [0.1, 0.15) is 32.6 Å². The summed E-state index contributed by atoms with van der Waals surface area (Å²) in [6.45, 7) is 4.58. The zero-order chi connectivity index (χ0) is 12.1. The monoisotopic (exact) mass is 243 g/mol. The number of likely N-dealkylation sites (N-methyl/N-ethyl adjacent to an activating group) is 1. The molecule has 1 aliphatic heterocycles. The molecule has 4 unspecified atom stereocenters. The highest BCUT2D eigenvalue weighted by molar-refractivity contribution is 4.96. The fourth-order valence-corrected chi connectivity index (χ4v) is 2.51. The SMILES string of the molecule is CCCOC1C(NC)CC1OCC1CCCO1. The Hall–Kier alpha value is -0.160. The molecule has 17 heavy (non-hydrogen) atoms. The van der Waals surface area contributed by atoms with Crippen LogP contribution in [0.2, 0.25) is 0 Å². The lowest BCUT2D eigenvalue weighted by Crippen LogP contribution is -2.59. The van der Waals surface area contributed by atoms with Gasteiger partial charge in [0.25, 0.3) is 0 Å². The molecule has 4 nitrogen and oxygen atoms in total. The van der Waals surface area contributed by atoms with E-state index in [0.717, 1.165) is 39.1 Å². The number of ether oxygens (including phenoxy) is 3. The Morgan fingerprint density at radius 2 is 2.24 bits per heavy atom. The first-order valence-corrected chi connectivity index (χ1v) is 6.87. The Bertz CT molecular complexity index is 219. The van der Waals surface area contributed by atoms with Gasteiger partial charge in [0.15, 0.2) is 0 Å². The van der Waals surface area contributed by atoms with Crippen LogP contribution < -0.4 is 5.32 Å². The minimum atomic E-state index is 0.223. The van der Waals surface area contributed by atoms with Gasteiger partial charge in [-0.2, -0.15) is 0 Å². The molecule has 4 atom stereocenters. The molecule has 1 N–H and O–H groups in total. The van der Waals surface area contributed by atoms with E-state index in [1.54, 1.807) is 0 Å². The van der Waals surface area contributed by atoms with Gasteiger partial charge in [-0.3, -0.25) is 0 Å². The van der Waals surface area contributed by atoms with Crippen molar-refractivity contribution in [1.29, 1.82) is 0 Å². The zero-order valence-corrected chi connectivity index (χ0v) is 11.0. The van der Waals surface area contributed by atoms with Gasteiger partial charge in [-0.15, -0.1) is 0 Å². The first-order valence-electron chi connectivity index (χ1n) is 6.87. The summed E-state index contributed by atoms with van der Waals surface area (Å²) < 4.78 is 17.3. The molecule has 4 heteroatoms. The smallest absolute Gasteiger partial charge is 0.0990 e. The lowest BCUT2D eigenvalue weighted by atomic mass is 9.85. The quantitative estimate of drug-likeness (QED) is 0.732. The van der Waals surface area contributed by atoms with Gasteiger partial charge in [-0.1, -0.05) is 6.92 Å². The largest absolute Gasteiger partial charge is 0.376 e. The van der Waals surface area contributed by atoms with E-state index in [0.29, 0.717) is 12.1 Å². The van der Waals surface area contributed by atoms with Gasteiger partial charge in [0.1, 0.15) is 0 Å². The molecule has 0 radical (unpaired) electrons. The summed E-state index contributed by atoms with van der Waals surface area (Å²) in [6, 6.07) is 0.455. The van der Waals surface area contributed by atoms with Crippen LogP contribution in [0, 0.1) is 0 Å². The van der Waals surface area contributed by atoms with Crippen LogP contribution in [0.5, 0.6) is 0 Å². The Morgan fingerprint density at radius 3 is 2.88 bits per heavy atom. The van der Waals surface area contributed by atoms with Gasteiger partial charge in [0, 0.05) is 19.3 Å². The Morgan fingerprint density at radius 1 is 1.35 bits per heavy atom. The highest BCUT2D eigenvalue weighted by Crippen LogP contribution is 2.28. The lowest BCUT2D eigenvalue weighted by molar-refractivity contribution is -0.157. The number of rotatable bonds is 7. The molecular formula is C13H25NO3. The van der Waals surface area contributed by atoms with Crippen molar-refractivity contribution >= 4 is 0 Å². The van der Waals surface area contributed by atoms with Gasteiger partial charge in [0.2, 0.25) is 0 Å². The molecule has 2 aliphatic rings. The van der Waals surface area contributed by atoms with Gasteiger partial charge < -0.3 is 19.5 Å². The van der Waals surface area contributed by atoms with Gasteiger partial charge >= 0.3 is 0 Å². The standard InChI is InChI=1S/C13H25NO3/c1-3-6-16-13-11(14-2)8-12(13)17-9-10-5-4-7-15-10/h10-14H,3-9H2,1-2H3. The molecule has 0 spiro atoms. The highest BCUT2D eigenvalue weighted by Gasteiger charge is 2.42. The molecule has 1 aliphatic carbocycles. The van der Waals surface area contributed by atoms with Crippen LogP contribution in [0.15, 0.2) is 0 Å². The average molecular weight is 243 g/mol. The summed E-state index contributed by atoms with van der Waals surface area (Å²) in [5, 5.41) is 3.28. The van der Waals surface area contributed by atoms with Crippen molar-refractivity contribution in [3.8, 4) is 0 Å². The molecule has 0 bridgehead atoms. The van der Waals surface area contributed by atoms with E-state index < -0.39 is 0 Å². The summed E-state index contributed by atoms with van der Waals surface area (Å²) >= 11 is 0. The van der Waals surface area contributed by atoms with Gasteiger partial charge in [-0.05, 0) is 32.7 Å². The Balaban J connectivity index is 1.68. The van der Waals surface area contributed by atoms with Crippen LogP contribution in [0.25, 0.3) is 0 Å². The molecule has 2 fully saturated rings. The average Bonchev–Trinajstić information content (AvgIpc) is 2.81. The second-order valence-electron chi connectivity index (χ2n) is 4.97. The highest BCUT2D eigenvalue weighted by atomic mass is 16.6. The van der Waals surface area contributed by atoms with E-state index in [4.69, 9.17) is 14.2 Å². The zero-order valence-electron chi connectivity index (χ0n) is 11.0. The number of hydrogen-bond acceptors (Lipinski definition) is 4. The molecule has 0 aromatic heterocycles. The van der Waals surface area contributed by atoms with Gasteiger partial charge in [-0.25, -0.2) is 0 Å². The van der Waals surface area contributed by atoms with Crippen molar-refractivity contribution < 1.29 is 14.2 Å². The van der Waals surface area contributed by atoms with Crippen LogP contribution in [-0.4, -0.2) is 51.2 Å². The molecule has 0 amide bonds. The molecule has 0 aromatic carbocycles. The molecule has 2 rings (SSSR count). The van der Waals surface area contributed by atoms with Crippen molar-refractivity contribution in [3.63, 3.8) is 0 Å². The third-order valence-electron chi connectivity index (χ3n) is 3.65. The predicted molar refractivity (Wildman–Crippen MR) is 66.2 cm³/mol. The topological polar surface area (TPSA) is 39.7 Å². The van der Waals surface area contributed by atoms with Gasteiger partial charge in [0.05, 0.1) is 24.9 Å². The summed E-state index contributed by atoms with van der Waals surface area (Å²) in [5.41, 5.74) is 0. The molecule has 0 aromatic rings. The second kappa shape index (κ2) is 6.69. The van der Waals surface area contributed by atoms with Crippen molar-refractivity contribution in [2.75, 3.05) is 26.9 Å². The summed E-state index contributed by atoms with van der Waals surface area (Å²) in [7, 11) is 1.99. The maximum absolute atomic E-state index is 5.91. The maximum Gasteiger partial charge on any atom is 0.0990 e. The van der Waals surface area contributed by atoms with Crippen LogP contribution in [0.4, 0.5) is 0 Å². The number of hydrogen-bond donors (Lipinski definition) is 1. The molecule has 1 heterocycles. The third kappa shape index (κ3) is 3.41. The first-order chi connectivity index (χ1) is 8.35. The molecule has 1 saturated heterocycles. The fraction of sp³-hybridized carbons (Fsp3) is 1.00. The van der Waals surface area contributed by atoms with Crippen molar-refractivity contribution in [1.82, 2.24) is 5.32 Å². The van der Waals surface area contributed by atoms with Crippen molar-refractivity contribution in [2.24, 2.45) is 0 Å². The van der Waals surface area contributed by atoms with E-state index in [-0.39, 0.29) is 12.2 Å². The summed E-state index contributed by atoms with van der Waals surface area (Å²) in [5.74, 6) is 0. The molecular weight excluding hydrogens is 218 g/mol. The lowest BCUT2D eigenvalue weighted by Gasteiger charge is -2.44. The molecule has 100 valence electrons. The van der Waals surface area contributed by atoms with Crippen molar-refractivity contribution in [3.05, 3.63) is 0 Å². The van der Waals surface area contributed by atoms with E-state index >= 15 is 0 Å². The number of nitrogens with one attached hydrogen (secondary N) is 1. The summed E-state index contributed by atoms with van der Waals surface area (Å²) in [6.07, 6.45) is 5.22.